The van der Waals surface area contributed by atoms with Gasteiger partial charge in [-0.25, -0.2) is 0 Å². The molecule has 15 heavy (non-hydrogen) atoms. The Hall–Kier alpha value is -1.02. The van der Waals surface area contributed by atoms with Gasteiger partial charge in [-0.15, -0.1) is 0 Å². The van der Waals surface area contributed by atoms with Crippen LogP contribution in [-0.4, -0.2) is 13.1 Å². The molecule has 1 aromatic carbocycles. The molecule has 2 nitrogen and oxygen atoms in total. The minimum absolute atomic E-state index is 0.275. The highest BCUT2D eigenvalue weighted by Crippen LogP contribution is 2.37. The molecule has 1 atom stereocenters. The molecule has 2 N–H and O–H groups in total. The van der Waals surface area contributed by atoms with Crippen molar-refractivity contribution < 1.29 is 0 Å². The number of aryl methyl sites for hydroxylation is 1. The second-order valence-corrected chi connectivity index (χ2v) is 4.69. The van der Waals surface area contributed by atoms with Gasteiger partial charge in [-0.1, -0.05) is 12.1 Å². The van der Waals surface area contributed by atoms with E-state index >= 15 is 0 Å². The molecule has 0 bridgehead atoms. The molecular weight excluding hydrogens is 184 g/mol. The van der Waals surface area contributed by atoms with Gasteiger partial charge in [-0.05, 0) is 42.9 Å². The van der Waals surface area contributed by atoms with E-state index in [9.17, 15) is 0 Å². The van der Waals surface area contributed by atoms with Gasteiger partial charge >= 0.3 is 0 Å². The van der Waals surface area contributed by atoms with Gasteiger partial charge in [0, 0.05) is 24.8 Å². The van der Waals surface area contributed by atoms with Crippen molar-refractivity contribution in [1.29, 1.82) is 0 Å². The molecule has 0 radical (unpaired) electrons. The van der Waals surface area contributed by atoms with Crippen LogP contribution in [0.4, 0.5) is 5.69 Å². The van der Waals surface area contributed by atoms with Crippen LogP contribution in [0.25, 0.3) is 0 Å². The summed E-state index contributed by atoms with van der Waals surface area (Å²) in [5.41, 5.74) is 10.5. The second kappa shape index (κ2) is 3.53. The molecule has 1 unspecified atom stereocenters. The molecule has 1 heterocycles. The number of nitrogens with zero attached hydrogens (tertiary/aromatic N) is 1. The van der Waals surface area contributed by atoms with E-state index in [1.165, 1.54) is 42.7 Å². The highest BCUT2D eigenvalue weighted by molar-refractivity contribution is 5.60. The smallest absolute Gasteiger partial charge is 0.0417 e. The molecule has 1 saturated heterocycles. The van der Waals surface area contributed by atoms with Gasteiger partial charge < -0.3 is 10.6 Å². The first-order valence-electron chi connectivity index (χ1n) is 5.98. The number of hydrogen-bond acceptors (Lipinski definition) is 2. The number of rotatable bonds is 1. The lowest BCUT2D eigenvalue weighted by molar-refractivity contribution is 0.710. The lowest BCUT2D eigenvalue weighted by Crippen LogP contribution is -2.21. The minimum atomic E-state index is 0.275. The lowest BCUT2D eigenvalue weighted by Gasteiger charge is -2.22. The summed E-state index contributed by atoms with van der Waals surface area (Å²) in [5, 5.41) is 0. The summed E-state index contributed by atoms with van der Waals surface area (Å²) >= 11 is 0. The quantitative estimate of drug-likeness (QED) is 0.756. The number of nitrogens with two attached hydrogens (primary N) is 1. The summed E-state index contributed by atoms with van der Waals surface area (Å²) in [6.45, 7) is 2.42. The first kappa shape index (κ1) is 9.22. The molecule has 1 aromatic rings. The van der Waals surface area contributed by atoms with Crippen LogP contribution in [0.1, 0.15) is 36.4 Å². The van der Waals surface area contributed by atoms with Crippen molar-refractivity contribution in [2.45, 2.75) is 31.7 Å². The molecule has 2 aliphatic rings. The highest BCUT2D eigenvalue weighted by Gasteiger charge is 2.25. The Morgan fingerprint density at radius 1 is 1.20 bits per heavy atom. The van der Waals surface area contributed by atoms with E-state index in [1.807, 2.05) is 0 Å². The van der Waals surface area contributed by atoms with Crippen molar-refractivity contribution in [3.63, 3.8) is 0 Å². The molecular formula is C13H18N2. The van der Waals surface area contributed by atoms with Crippen molar-refractivity contribution in [2.75, 3.05) is 18.0 Å². The number of benzene rings is 1. The zero-order valence-corrected chi connectivity index (χ0v) is 9.08. The van der Waals surface area contributed by atoms with Gasteiger partial charge in [0.25, 0.3) is 0 Å². The predicted molar refractivity (Wildman–Crippen MR) is 63.1 cm³/mol. The maximum absolute atomic E-state index is 6.19. The van der Waals surface area contributed by atoms with Gasteiger partial charge in [0.1, 0.15) is 0 Å². The van der Waals surface area contributed by atoms with Crippen LogP contribution in [0.15, 0.2) is 18.2 Å². The van der Waals surface area contributed by atoms with Crippen LogP contribution in [-0.2, 0) is 6.42 Å². The van der Waals surface area contributed by atoms with Crippen molar-refractivity contribution >= 4 is 5.69 Å². The van der Waals surface area contributed by atoms with Gasteiger partial charge in [0.05, 0.1) is 0 Å². The standard InChI is InChI=1S/C13H18N2/c14-11-7-6-10-4-3-5-12(13(10)11)15-8-1-2-9-15/h3-5,11H,1-2,6-9,14H2. The van der Waals surface area contributed by atoms with Gasteiger partial charge in [-0.2, -0.15) is 0 Å². The molecule has 1 aliphatic heterocycles. The fourth-order valence-corrected chi connectivity index (χ4v) is 2.93. The predicted octanol–water partition coefficient (Wildman–Crippen LogP) is 2.23. The molecule has 80 valence electrons. The molecule has 0 amide bonds. The zero-order valence-electron chi connectivity index (χ0n) is 9.08. The fraction of sp³-hybridized carbons (Fsp3) is 0.538. The molecule has 3 rings (SSSR count). The van der Waals surface area contributed by atoms with E-state index in [4.69, 9.17) is 5.73 Å². The fourth-order valence-electron chi connectivity index (χ4n) is 2.93. The molecule has 1 fully saturated rings. The van der Waals surface area contributed by atoms with Gasteiger partial charge in [0.15, 0.2) is 0 Å². The Bertz CT molecular complexity index is 367. The topological polar surface area (TPSA) is 29.3 Å². The summed E-state index contributed by atoms with van der Waals surface area (Å²) in [5.74, 6) is 0. The Labute approximate surface area is 91.1 Å². The molecule has 2 heteroatoms. The third-order valence-corrected chi connectivity index (χ3v) is 3.72. The first-order valence-corrected chi connectivity index (χ1v) is 5.98. The van der Waals surface area contributed by atoms with Crippen molar-refractivity contribution in [2.24, 2.45) is 5.73 Å². The van der Waals surface area contributed by atoms with E-state index in [-0.39, 0.29) is 6.04 Å². The molecule has 1 aliphatic carbocycles. The Morgan fingerprint density at radius 3 is 2.80 bits per heavy atom. The van der Waals surface area contributed by atoms with E-state index in [0.717, 1.165) is 12.8 Å². The normalized spacial score (nSPS) is 24.6. The summed E-state index contributed by atoms with van der Waals surface area (Å²) in [6.07, 6.45) is 4.95. The number of hydrogen-bond donors (Lipinski definition) is 1. The van der Waals surface area contributed by atoms with Crippen LogP contribution < -0.4 is 10.6 Å². The third-order valence-electron chi connectivity index (χ3n) is 3.72. The summed E-state index contributed by atoms with van der Waals surface area (Å²) < 4.78 is 0. The average Bonchev–Trinajstić information content (AvgIpc) is 2.88. The Balaban J connectivity index is 2.04. The zero-order chi connectivity index (χ0) is 10.3. The van der Waals surface area contributed by atoms with Crippen molar-refractivity contribution in [3.8, 4) is 0 Å². The van der Waals surface area contributed by atoms with E-state index < -0.39 is 0 Å². The maximum atomic E-state index is 6.19. The van der Waals surface area contributed by atoms with Crippen LogP contribution in [0.3, 0.4) is 0 Å². The van der Waals surface area contributed by atoms with Gasteiger partial charge in [0.2, 0.25) is 0 Å². The summed E-state index contributed by atoms with van der Waals surface area (Å²) in [4.78, 5) is 2.50. The largest absolute Gasteiger partial charge is 0.371 e. The number of fused-ring (bicyclic) bond motifs is 1. The van der Waals surface area contributed by atoms with E-state index in [1.54, 1.807) is 0 Å². The van der Waals surface area contributed by atoms with Crippen molar-refractivity contribution in [3.05, 3.63) is 29.3 Å². The van der Waals surface area contributed by atoms with Crippen LogP contribution in [0.5, 0.6) is 0 Å². The SMILES string of the molecule is NC1CCc2cccc(N3CCCC3)c21. The van der Waals surface area contributed by atoms with Gasteiger partial charge in [-0.3, -0.25) is 0 Å². The highest BCUT2D eigenvalue weighted by atomic mass is 15.1. The second-order valence-electron chi connectivity index (χ2n) is 4.69. The van der Waals surface area contributed by atoms with Crippen LogP contribution >= 0.6 is 0 Å². The molecule has 0 spiro atoms. The maximum Gasteiger partial charge on any atom is 0.0417 e. The van der Waals surface area contributed by atoms with E-state index in [2.05, 4.69) is 23.1 Å². The Morgan fingerprint density at radius 2 is 2.00 bits per heavy atom. The summed E-state index contributed by atoms with van der Waals surface area (Å²) in [6, 6.07) is 6.94. The third kappa shape index (κ3) is 1.44. The summed E-state index contributed by atoms with van der Waals surface area (Å²) in [7, 11) is 0. The lowest BCUT2D eigenvalue weighted by atomic mass is 10.1. The number of anilines is 1. The minimum Gasteiger partial charge on any atom is -0.371 e. The van der Waals surface area contributed by atoms with Crippen LogP contribution in [0, 0.1) is 0 Å². The monoisotopic (exact) mass is 202 g/mol. The molecule has 0 saturated carbocycles. The van der Waals surface area contributed by atoms with Crippen LogP contribution in [0.2, 0.25) is 0 Å². The first-order chi connectivity index (χ1) is 7.36. The van der Waals surface area contributed by atoms with Crippen molar-refractivity contribution in [1.82, 2.24) is 0 Å². The Kier molecular flexibility index (Phi) is 2.17. The van der Waals surface area contributed by atoms with E-state index in [0.29, 0.717) is 0 Å². The average molecular weight is 202 g/mol. The molecule has 0 aromatic heterocycles.